The topological polar surface area (TPSA) is 427 Å². The smallest absolute Gasteiger partial charge is 0.245 e. The minimum absolute atomic E-state index is 0.00505. The lowest BCUT2D eigenvalue weighted by Crippen LogP contribution is -2.61. The van der Waals surface area contributed by atoms with E-state index in [2.05, 4.69) is 58.5 Å². The summed E-state index contributed by atoms with van der Waals surface area (Å²) in [7, 11) is 0. The first-order chi connectivity index (χ1) is 34.8. The monoisotopic (exact) mass is 1030 g/mol. The molecule has 0 aromatic heterocycles. The van der Waals surface area contributed by atoms with Crippen molar-refractivity contribution in [2.24, 2.45) is 34.8 Å². The molecule has 0 bridgehead atoms. The maximum Gasteiger partial charge on any atom is 0.245 e. The van der Waals surface area contributed by atoms with Crippen molar-refractivity contribution in [1.29, 1.82) is 0 Å². The summed E-state index contributed by atoms with van der Waals surface area (Å²) >= 11 is 0. The summed E-state index contributed by atoms with van der Waals surface area (Å²) in [6.07, 6.45) is -0.265. The highest BCUT2D eigenvalue weighted by atomic mass is 16.3. The van der Waals surface area contributed by atoms with Crippen molar-refractivity contribution in [3.8, 4) is 0 Å². The number of amides is 10. The Morgan fingerprint density at radius 3 is 1.45 bits per heavy atom. The average molecular weight is 1030 g/mol. The van der Waals surface area contributed by atoms with E-state index in [-0.39, 0.29) is 95.5 Å². The zero-order valence-corrected chi connectivity index (χ0v) is 42.5. The van der Waals surface area contributed by atoms with Crippen LogP contribution in [0.3, 0.4) is 0 Å². The van der Waals surface area contributed by atoms with Crippen LogP contribution in [0.15, 0.2) is 30.3 Å². The number of hydrogen-bond acceptors (Lipinski definition) is 16. The van der Waals surface area contributed by atoms with Crippen LogP contribution in [0, 0.1) is 11.8 Å². The second-order valence-electron chi connectivity index (χ2n) is 18.2. The normalized spacial score (nSPS) is 15.8. The van der Waals surface area contributed by atoms with Crippen LogP contribution in [0.4, 0.5) is 0 Å². The number of piperidine rings is 1. The number of nitrogens with one attached hydrogen (secondary N) is 11. The van der Waals surface area contributed by atoms with Gasteiger partial charge in [-0.15, -0.1) is 0 Å². The number of carbonyl (C=O) groups excluding carboxylic acids is 10. The van der Waals surface area contributed by atoms with Gasteiger partial charge >= 0.3 is 0 Å². The van der Waals surface area contributed by atoms with Crippen LogP contribution in [0.1, 0.15) is 78.2 Å². The summed E-state index contributed by atoms with van der Waals surface area (Å²) < 4.78 is 0. The summed E-state index contributed by atoms with van der Waals surface area (Å²) in [5.74, 6) is -7.53. The molecule has 1 aliphatic rings. The van der Waals surface area contributed by atoms with Gasteiger partial charge in [0.1, 0.15) is 42.3 Å². The van der Waals surface area contributed by atoms with E-state index in [4.69, 9.17) is 22.9 Å². The van der Waals surface area contributed by atoms with Gasteiger partial charge in [-0.2, -0.15) is 0 Å². The third-order valence-electron chi connectivity index (χ3n) is 11.6. The van der Waals surface area contributed by atoms with Crippen molar-refractivity contribution in [1.82, 2.24) is 58.5 Å². The van der Waals surface area contributed by atoms with E-state index in [1.807, 2.05) is 0 Å². The molecule has 0 aliphatic carbocycles. The SMILES string of the molecule is CCNC(=O)C(NC(=O)[C@H](CCN)NC(=O)[C@H](CCN)NC(=O)[C@H](CC(C)C)NC(=O)[C@@H](Cc1ccccc1)NC(=O)[C@H](CCN)NC(=O)CNC(=O)[C@H](CCN)NC(=O)CNC(=O)C1CCNCC1)C(C)O. The van der Waals surface area contributed by atoms with Gasteiger partial charge in [0.15, 0.2) is 0 Å². The number of rotatable bonds is 33. The molecule has 26 nitrogen and oxygen atoms in total. The quantitative estimate of drug-likeness (QED) is 0.0312. The molecule has 1 fully saturated rings. The van der Waals surface area contributed by atoms with E-state index < -0.39 is 108 Å². The minimum Gasteiger partial charge on any atom is -0.391 e. The van der Waals surface area contributed by atoms with E-state index in [9.17, 15) is 53.1 Å². The maximum atomic E-state index is 14.2. The van der Waals surface area contributed by atoms with Crippen molar-refractivity contribution < 1.29 is 53.1 Å². The average Bonchev–Trinajstić information content (AvgIpc) is 3.35. The summed E-state index contributed by atoms with van der Waals surface area (Å²) in [4.78, 5) is 133. The van der Waals surface area contributed by atoms with Crippen molar-refractivity contribution >= 4 is 59.1 Å². The first kappa shape index (κ1) is 62.8. The number of nitrogens with two attached hydrogens (primary N) is 4. The molecule has 0 radical (unpaired) electrons. The zero-order chi connectivity index (χ0) is 54.5. The predicted octanol–water partition coefficient (Wildman–Crippen LogP) is -6.19. The Balaban J connectivity index is 2.22. The first-order valence-corrected chi connectivity index (χ1v) is 24.9. The standard InChI is InChI=1S/C47H81N15O11/c1-5-53-47(73)39(28(4)63)62-44(70)34(14-20-51)58-43(69)33(13-19-50)59-45(71)35(23-27(2)3)60-46(72)36(24-29-9-7-6-8-10-29)61-42(68)32(12-18-49)57-38(65)26-55-41(67)31(11-17-48)56-37(64)25-54-40(66)30-15-21-52-22-16-30/h6-10,27-28,30-36,39,52,63H,5,11-26,48-51H2,1-4H3,(H,53,73)(H,54,66)(H,55,67)(H,56,64)(H,57,65)(H,58,69)(H,59,71)(H,60,72)(H,61,68)(H,62,70)/t28?,31-,32-,33-,34-,35-,36+,39?/m0/s1. The summed E-state index contributed by atoms with van der Waals surface area (Å²) in [6, 6.07) is -0.332. The third-order valence-corrected chi connectivity index (χ3v) is 11.6. The lowest BCUT2D eigenvalue weighted by molar-refractivity contribution is -0.136. The minimum atomic E-state index is -1.34. The Labute approximate surface area is 426 Å². The highest BCUT2D eigenvalue weighted by Gasteiger charge is 2.35. The molecule has 1 aliphatic heterocycles. The Kier molecular flexibility index (Phi) is 29.4. The van der Waals surface area contributed by atoms with E-state index >= 15 is 0 Å². The number of aliphatic hydroxyl groups is 1. The molecule has 0 saturated carbocycles. The summed E-state index contributed by atoms with van der Waals surface area (Å²) in [6.45, 7) is 6.97. The van der Waals surface area contributed by atoms with Crippen molar-refractivity contribution in [3.05, 3.63) is 35.9 Å². The molecule has 2 unspecified atom stereocenters. The molecule has 0 spiro atoms. The molecule has 8 atom stereocenters. The van der Waals surface area contributed by atoms with Crippen LogP contribution in [0.5, 0.6) is 0 Å². The number of benzene rings is 1. The van der Waals surface area contributed by atoms with Gasteiger partial charge in [0, 0.05) is 18.9 Å². The van der Waals surface area contributed by atoms with Crippen molar-refractivity contribution in [2.75, 3.05) is 58.9 Å². The molecule has 1 saturated heterocycles. The molecule has 73 heavy (non-hydrogen) atoms. The molecule has 10 amide bonds. The Hall–Kier alpha value is -6.32. The number of hydrogen-bond donors (Lipinski definition) is 16. The second-order valence-corrected chi connectivity index (χ2v) is 18.2. The highest BCUT2D eigenvalue weighted by molar-refractivity contribution is 5.98. The van der Waals surface area contributed by atoms with Gasteiger partial charge in [-0.3, -0.25) is 47.9 Å². The van der Waals surface area contributed by atoms with E-state index in [0.29, 0.717) is 31.5 Å². The fourth-order valence-corrected chi connectivity index (χ4v) is 7.71. The Morgan fingerprint density at radius 2 is 0.973 bits per heavy atom. The van der Waals surface area contributed by atoms with Crippen LogP contribution in [0.2, 0.25) is 0 Å². The van der Waals surface area contributed by atoms with E-state index in [1.165, 1.54) is 6.92 Å². The number of aliphatic hydroxyl groups excluding tert-OH is 1. The lowest BCUT2D eigenvalue weighted by atomic mass is 9.97. The third kappa shape index (κ3) is 23.4. The molecular formula is C47H81N15O11. The molecule has 1 aromatic carbocycles. The van der Waals surface area contributed by atoms with Crippen LogP contribution >= 0.6 is 0 Å². The molecule has 20 N–H and O–H groups in total. The van der Waals surface area contributed by atoms with Gasteiger partial charge in [-0.1, -0.05) is 44.2 Å². The molecule has 26 heteroatoms. The summed E-state index contributed by atoms with van der Waals surface area (Å²) in [5.41, 5.74) is 23.7. The van der Waals surface area contributed by atoms with Gasteiger partial charge in [0.2, 0.25) is 59.1 Å². The number of likely N-dealkylation sites (N-methyl/N-ethyl adjacent to an activating group) is 1. The molecule has 1 aromatic rings. The first-order valence-electron chi connectivity index (χ1n) is 24.9. The molecular weight excluding hydrogens is 951 g/mol. The molecule has 2 rings (SSSR count). The predicted molar refractivity (Wildman–Crippen MR) is 270 cm³/mol. The van der Waals surface area contributed by atoms with Gasteiger partial charge in [0.05, 0.1) is 19.2 Å². The van der Waals surface area contributed by atoms with Gasteiger partial charge in [-0.25, -0.2) is 0 Å². The van der Waals surface area contributed by atoms with E-state index in [1.54, 1.807) is 51.1 Å². The van der Waals surface area contributed by atoms with Crippen LogP contribution in [-0.2, 0) is 54.4 Å². The van der Waals surface area contributed by atoms with Crippen LogP contribution in [0.25, 0.3) is 0 Å². The number of carbonyl (C=O) groups is 10. The Bertz CT molecular complexity index is 1960. The fraction of sp³-hybridized carbons (Fsp3) is 0.660. The Morgan fingerprint density at radius 1 is 0.548 bits per heavy atom. The van der Waals surface area contributed by atoms with Crippen LogP contribution in [-0.4, -0.2) is 171 Å². The fourth-order valence-electron chi connectivity index (χ4n) is 7.71. The van der Waals surface area contributed by atoms with Gasteiger partial charge in [-0.05, 0) is 110 Å². The highest BCUT2D eigenvalue weighted by Crippen LogP contribution is 2.12. The maximum absolute atomic E-state index is 14.2. The zero-order valence-electron chi connectivity index (χ0n) is 42.5. The van der Waals surface area contributed by atoms with Gasteiger partial charge in [0.25, 0.3) is 0 Å². The van der Waals surface area contributed by atoms with Crippen molar-refractivity contribution in [3.63, 3.8) is 0 Å². The second kappa shape index (κ2) is 34.2. The van der Waals surface area contributed by atoms with Crippen molar-refractivity contribution in [2.45, 2.75) is 127 Å². The van der Waals surface area contributed by atoms with E-state index in [0.717, 1.165) is 0 Å². The van der Waals surface area contributed by atoms with Crippen LogP contribution < -0.4 is 81.4 Å². The lowest BCUT2D eigenvalue weighted by Gasteiger charge is -2.28. The van der Waals surface area contributed by atoms with Gasteiger partial charge < -0.3 is 86.5 Å². The molecule has 1 heterocycles. The summed E-state index contributed by atoms with van der Waals surface area (Å²) in [5, 5.41) is 38.9. The molecule has 410 valence electrons. The largest absolute Gasteiger partial charge is 0.391 e.